The lowest BCUT2D eigenvalue weighted by atomic mass is 10.1. The van der Waals surface area contributed by atoms with Crippen molar-refractivity contribution in [3.05, 3.63) is 51.5 Å². The van der Waals surface area contributed by atoms with Gasteiger partial charge >= 0.3 is 0 Å². The first kappa shape index (κ1) is 17.3. The summed E-state index contributed by atoms with van der Waals surface area (Å²) in [6.45, 7) is 14.2. The number of piperazine rings is 1. The molecule has 0 saturated carbocycles. The molecule has 0 unspecified atom stereocenters. The summed E-state index contributed by atoms with van der Waals surface area (Å²) in [5.74, 6) is 0. The minimum absolute atomic E-state index is 1.04. The van der Waals surface area contributed by atoms with E-state index in [1.54, 1.807) is 0 Å². The van der Waals surface area contributed by atoms with Gasteiger partial charge in [-0.1, -0.05) is 45.3 Å². The number of allylic oxidation sites excluding steroid dienone is 2. The summed E-state index contributed by atoms with van der Waals surface area (Å²) in [5, 5.41) is 0. The molecule has 22 heavy (non-hydrogen) atoms. The molecule has 1 saturated heterocycles. The summed E-state index contributed by atoms with van der Waals surface area (Å²) >= 11 is 3.77. The summed E-state index contributed by atoms with van der Waals surface area (Å²) in [5.41, 5.74) is 5.53. The van der Waals surface area contributed by atoms with E-state index in [-0.39, 0.29) is 0 Å². The van der Waals surface area contributed by atoms with Gasteiger partial charge in [-0.25, -0.2) is 0 Å². The Balaban J connectivity index is 1.97. The van der Waals surface area contributed by atoms with Gasteiger partial charge in [0.2, 0.25) is 0 Å². The van der Waals surface area contributed by atoms with Crippen LogP contribution in [-0.4, -0.2) is 37.6 Å². The van der Waals surface area contributed by atoms with Crippen LogP contribution in [0.5, 0.6) is 0 Å². The second kappa shape index (κ2) is 7.98. The maximum atomic E-state index is 3.77. The zero-order valence-electron chi connectivity index (χ0n) is 14.2. The van der Waals surface area contributed by atoms with Gasteiger partial charge in [0, 0.05) is 42.9 Å². The van der Waals surface area contributed by atoms with Crippen LogP contribution in [0, 0.1) is 0 Å². The molecular formula is C19H27BrN2. The maximum Gasteiger partial charge on any atom is 0.0367 e. The van der Waals surface area contributed by atoms with Gasteiger partial charge in [0.05, 0.1) is 0 Å². The average Bonchev–Trinajstić information content (AvgIpc) is 2.53. The second-order valence-electron chi connectivity index (χ2n) is 6.39. The van der Waals surface area contributed by atoms with Crippen LogP contribution < -0.4 is 4.90 Å². The van der Waals surface area contributed by atoms with Crippen molar-refractivity contribution in [2.75, 3.05) is 37.6 Å². The molecule has 0 amide bonds. The van der Waals surface area contributed by atoms with Crippen LogP contribution in [0.3, 0.4) is 0 Å². The van der Waals surface area contributed by atoms with Crippen LogP contribution >= 0.6 is 15.9 Å². The third-order valence-electron chi connectivity index (χ3n) is 4.18. The Bertz CT molecular complexity index is 544. The number of rotatable bonds is 4. The molecule has 0 N–H and O–H groups in total. The third-order valence-corrected chi connectivity index (χ3v) is 5.45. The first-order valence-electron chi connectivity index (χ1n) is 8.01. The number of halogens is 1. The van der Waals surface area contributed by atoms with Crippen LogP contribution in [0.4, 0.5) is 5.69 Å². The van der Waals surface area contributed by atoms with Crippen LogP contribution in [0.25, 0.3) is 0 Å². The van der Waals surface area contributed by atoms with E-state index >= 15 is 0 Å². The molecule has 120 valence electrons. The van der Waals surface area contributed by atoms with Crippen molar-refractivity contribution in [1.29, 1.82) is 0 Å². The Hall–Kier alpha value is -1.06. The lowest BCUT2D eigenvalue weighted by Gasteiger charge is -2.36. The van der Waals surface area contributed by atoms with E-state index in [4.69, 9.17) is 0 Å². The van der Waals surface area contributed by atoms with Gasteiger partial charge in [0.25, 0.3) is 0 Å². The molecule has 0 atom stereocenters. The van der Waals surface area contributed by atoms with E-state index in [0.29, 0.717) is 0 Å². The van der Waals surface area contributed by atoms with Crippen molar-refractivity contribution in [3.63, 3.8) is 0 Å². The minimum atomic E-state index is 1.04. The number of nitrogens with zero attached hydrogens (tertiary/aromatic N) is 2. The Morgan fingerprint density at radius 1 is 0.909 bits per heavy atom. The molecule has 1 aliphatic heterocycles. The van der Waals surface area contributed by atoms with E-state index in [1.165, 1.54) is 26.9 Å². The van der Waals surface area contributed by atoms with Crippen molar-refractivity contribution in [1.82, 2.24) is 4.90 Å². The van der Waals surface area contributed by atoms with Crippen LogP contribution in [0.15, 0.2) is 51.5 Å². The molecule has 3 heteroatoms. The summed E-state index contributed by atoms with van der Waals surface area (Å²) in [6, 6.07) is 10.7. The number of hydrogen-bond acceptors (Lipinski definition) is 2. The summed E-state index contributed by atoms with van der Waals surface area (Å²) in [4.78, 5) is 5.04. The zero-order chi connectivity index (χ0) is 16.1. The highest BCUT2D eigenvalue weighted by atomic mass is 79.9. The van der Waals surface area contributed by atoms with Gasteiger partial charge < -0.3 is 4.90 Å². The highest BCUT2D eigenvalue weighted by Crippen LogP contribution is 2.26. The van der Waals surface area contributed by atoms with Crippen molar-refractivity contribution in [3.8, 4) is 0 Å². The van der Waals surface area contributed by atoms with Crippen LogP contribution in [0.1, 0.15) is 27.7 Å². The summed E-state index contributed by atoms with van der Waals surface area (Å²) in [7, 11) is 0. The Morgan fingerprint density at radius 3 is 2.00 bits per heavy atom. The molecule has 2 nitrogen and oxygen atoms in total. The topological polar surface area (TPSA) is 6.48 Å². The standard InChI is InChI=1S/C19H27BrN2/c1-15(2)18(19(20)16(3)4)14-21-10-12-22(13-11-21)17-8-6-5-7-9-17/h5-9H,10-14H2,1-4H3. The van der Waals surface area contributed by atoms with Crippen molar-refractivity contribution < 1.29 is 0 Å². The van der Waals surface area contributed by atoms with Gasteiger partial charge in [-0.2, -0.15) is 0 Å². The van der Waals surface area contributed by atoms with Crippen molar-refractivity contribution >= 4 is 21.6 Å². The highest BCUT2D eigenvalue weighted by Gasteiger charge is 2.19. The van der Waals surface area contributed by atoms with Gasteiger partial charge in [-0.15, -0.1) is 0 Å². The largest absolute Gasteiger partial charge is 0.369 e. The number of anilines is 1. The molecule has 1 aromatic rings. The monoisotopic (exact) mass is 362 g/mol. The lowest BCUT2D eigenvalue weighted by Crippen LogP contribution is -2.47. The summed E-state index contributed by atoms with van der Waals surface area (Å²) < 4.78 is 1.28. The molecule has 1 heterocycles. The molecule has 1 aromatic carbocycles. The number of hydrogen-bond donors (Lipinski definition) is 0. The first-order valence-corrected chi connectivity index (χ1v) is 8.80. The van der Waals surface area contributed by atoms with E-state index in [9.17, 15) is 0 Å². The van der Waals surface area contributed by atoms with Gasteiger partial charge in [-0.05, 0) is 45.4 Å². The molecule has 0 bridgehead atoms. The van der Waals surface area contributed by atoms with Gasteiger partial charge in [0.1, 0.15) is 0 Å². The SMILES string of the molecule is CC(C)=C(Br)C(CN1CCN(c2ccccc2)CC1)=C(C)C. The normalized spacial score (nSPS) is 15.6. The molecule has 2 rings (SSSR count). The first-order chi connectivity index (χ1) is 10.5. The molecule has 0 aliphatic carbocycles. The summed E-state index contributed by atoms with van der Waals surface area (Å²) in [6.07, 6.45) is 0. The number of para-hydroxylation sites is 1. The van der Waals surface area contributed by atoms with Gasteiger partial charge in [-0.3, -0.25) is 4.90 Å². The maximum absolute atomic E-state index is 3.77. The molecule has 0 spiro atoms. The fourth-order valence-corrected chi connectivity index (χ4v) is 3.30. The van der Waals surface area contributed by atoms with Crippen LogP contribution in [-0.2, 0) is 0 Å². The zero-order valence-corrected chi connectivity index (χ0v) is 15.8. The van der Waals surface area contributed by atoms with E-state index in [1.807, 2.05) is 0 Å². The van der Waals surface area contributed by atoms with Crippen LogP contribution in [0.2, 0.25) is 0 Å². The fourth-order valence-electron chi connectivity index (χ4n) is 2.78. The molecule has 0 aromatic heterocycles. The predicted octanol–water partition coefficient (Wildman–Crippen LogP) is 4.83. The lowest BCUT2D eigenvalue weighted by molar-refractivity contribution is 0.279. The third kappa shape index (κ3) is 4.47. The molecular weight excluding hydrogens is 336 g/mol. The van der Waals surface area contributed by atoms with Crippen molar-refractivity contribution in [2.24, 2.45) is 0 Å². The minimum Gasteiger partial charge on any atom is -0.369 e. The smallest absolute Gasteiger partial charge is 0.0367 e. The number of benzene rings is 1. The second-order valence-corrected chi connectivity index (χ2v) is 7.18. The van der Waals surface area contributed by atoms with E-state index in [0.717, 1.165) is 32.7 Å². The van der Waals surface area contributed by atoms with Gasteiger partial charge in [0.15, 0.2) is 0 Å². The quantitative estimate of drug-likeness (QED) is 0.707. The highest BCUT2D eigenvalue weighted by molar-refractivity contribution is 9.12. The molecule has 1 fully saturated rings. The Kier molecular flexibility index (Phi) is 6.27. The Labute approximate surface area is 143 Å². The molecule has 0 radical (unpaired) electrons. The van der Waals surface area contributed by atoms with E-state index < -0.39 is 0 Å². The van der Waals surface area contributed by atoms with E-state index in [2.05, 4.69) is 83.8 Å². The fraction of sp³-hybridized carbons (Fsp3) is 0.474. The average molecular weight is 363 g/mol. The molecule has 1 aliphatic rings. The Morgan fingerprint density at radius 2 is 1.50 bits per heavy atom. The van der Waals surface area contributed by atoms with Crippen molar-refractivity contribution in [2.45, 2.75) is 27.7 Å². The predicted molar refractivity (Wildman–Crippen MR) is 101 cm³/mol.